The highest BCUT2D eigenvalue weighted by atomic mass is 32.2. The summed E-state index contributed by atoms with van der Waals surface area (Å²) in [7, 11) is -3.95. The second-order valence-electron chi connectivity index (χ2n) is 7.83. The van der Waals surface area contributed by atoms with Crippen LogP contribution in [-0.2, 0) is 21.4 Å². The third-order valence-electron chi connectivity index (χ3n) is 4.94. The van der Waals surface area contributed by atoms with Crippen LogP contribution in [0.3, 0.4) is 0 Å². The number of sulfonamides is 1. The van der Waals surface area contributed by atoms with Crippen LogP contribution in [0, 0.1) is 13.8 Å². The molecule has 0 saturated carbocycles. The Bertz CT molecular complexity index is 1020. The van der Waals surface area contributed by atoms with Crippen molar-refractivity contribution in [2.75, 3.05) is 12.3 Å². The summed E-state index contributed by atoms with van der Waals surface area (Å²) in [5.41, 5.74) is 2.80. The third kappa shape index (κ3) is 4.79. The van der Waals surface area contributed by atoms with Crippen molar-refractivity contribution >= 4 is 27.8 Å². The topological polar surface area (TPSA) is 96.8 Å². The van der Waals surface area contributed by atoms with Gasteiger partial charge in [0.15, 0.2) is 0 Å². The molecule has 1 fully saturated rings. The third-order valence-corrected chi connectivity index (χ3v) is 8.18. The van der Waals surface area contributed by atoms with Gasteiger partial charge in [-0.15, -0.1) is 0 Å². The fraction of sp³-hybridized carbons (Fsp3) is 0.429. The van der Waals surface area contributed by atoms with Crippen LogP contribution in [0.15, 0.2) is 41.3 Å². The largest absolute Gasteiger partial charge is 0.489 e. The number of benzene rings is 1. The quantitative estimate of drug-likeness (QED) is 0.721. The zero-order valence-electron chi connectivity index (χ0n) is 17.5. The Hall–Kier alpha value is -2.10. The van der Waals surface area contributed by atoms with Crippen molar-refractivity contribution in [2.24, 2.45) is 0 Å². The molecule has 0 spiro atoms. The van der Waals surface area contributed by atoms with Crippen LogP contribution >= 0.6 is 11.8 Å². The summed E-state index contributed by atoms with van der Waals surface area (Å²) in [6.45, 7) is 7.86. The molecule has 1 aliphatic heterocycles. The summed E-state index contributed by atoms with van der Waals surface area (Å²) in [6, 6.07) is 8.85. The van der Waals surface area contributed by atoms with E-state index in [4.69, 9.17) is 4.74 Å². The maximum absolute atomic E-state index is 13.2. The predicted octanol–water partition coefficient (Wildman–Crippen LogP) is 3.25. The van der Waals surface area contributed by atoms with Crippen LogP contribution < -0.4 is 4.74 Å². The minimum Gasteiger partial charge on any atom is -0.489 e. The molecule has 1 aromatic heterocycles. The molecule has 2 heterocycles. The van der Waals surface area contributed by atoms with Gasteiger partial charge in [0.25, 0.3) is 0 Å². The molecular weight excluding hydrogens is 424 g/mol. The number of carbonyl (C=O) groups is 1. The van der Waals surface area contributed by atoms with Gasteiger partial charge < -0.3 is 9.84 Å². The Morgan fingerprint density at radius 3 is 2.40 bits per heavy atom. The molecular formula is C21H26N2O5S2. The number of nitrogens with zero attached hydrogens (tertiary/aromatic N) is 2. The van der Waals surface area contributed by atoms with Crippen molar-refractivity contribution in [2.45, 2.75) is 50.0 Å². The van der Waals surface area contributed by atoms with E-state index in [2.05, 4.69) is 4.98 Å². The van der Waals surface area contributed by atoms with Gasteiger partial charge in [0.1, 0.15) is 18.4 Å². The summed E-state index contributed by atoms with van der Waals surface area (Å²) in [4.78, 5) is 16.2. The number of ether oxygens (including phenoxy) is 1. The van der Waals surface area contributed by atoms with Crippen molar-refractivity contribution < 1.29 is 23.1 Å². The van der Waals surface area contributed by atoms with E-state index in [1.54, 1.807) is 26.0 Å². The molecule has 1 N–H and O–H groups in total. The number of hydrogen-bond acceptors (Lipinski definition) is 6. The molecule has 30 heavy (non-hydrogen) atoms. The molecule has 9 heteroatoms. The molecule has 3 rings (SSSR count). The van der Waals surface area contributed by atoms with Gasteiger partial charge in [-0.1, -0.05) is 0 Å². The standard InChI is InChI=1S/C21H26N2O5S2/c1-14-11-16(12-15(2)22-14)13-28-17-5-7-18(8-6-17)30(26,27)23-9-10-29-21(3,4)19(23)20(24)25/h5-8,11-12,19H,9-10,13H2,1-4H3,(H,24,25). The molecule has 0 aliphatic carbocycles. The summed E-state index contributed by atoms with van der Waals surface area (Å²) in [6.07, 6.45) is 0. The average molecular weight is 451 g/mol. The Labute approximate surface area is 181 Å². The molecule has 1 aromatic carbocycles. The first kappa shape index (κ1) is 22.6. The molecule has 0 radical (unpaired) electrons. The minimum absolute atomic E-state index is 0.0550. The smallest absolute Gasteiger partial charge is 0.323 e. The van der Waals surface area contributed by atoms with Gasteiger partial charge in [-0.25, -0.2) is 8.42 Å². The van der Waals surface area contributed by atoms with Gasteiger partial charge in [0.2, 0.25) is 10.0 Å². The number of pyridine rings is 1. The molecule has 1 saturated heterocycles. The van der Waals surface area contributed by atoms with E-state index in [0.717, 1.165) is 21.3 Å². The molecule has 1 aliphatic rings. The summed E-state index contributed by atoms with van der Waals surface area (Å²) < 4.78 is 32.5. The van der Waals surface area contributed by atoms with Crippen LogP contribution in [0.2, 0.25) is 0 Å². The number of aryl methyl sites for hydroxylation is 2. The number of aromatic nitrogens is 1. The van der Waals surface area contributed by atoms with Gasteiger partial charge >= 0.3 is 5.97 Å². The number of carboxylic acid groups (broad SMARTS) is 1. The maximum Gasteiger partial charge on any atom is 0.323 e. The first-order chi connectivity index (χ1) is 14.0. The number of hydrogen-bond donors (Lipinski definition) is 1. The van der Waals surface area contributed by atoms with Crippen molar-refractivity contribution in [3.63, 3.8) is 0 Å². The second kappa shape index (κ2) is 8.56. The van der Waals surface area contributed by atoms with Crippen LogP contribution in [0.1, 0.15) is 30.8 Å². The first-order valence-electron chi connectivity index (χ1n) is 9.56. The Kier molecular flexibility index (Phi) is 6.45. The van der Waals surface area contributed by atoms with Crippen LogP contribution in [0.5, 0.6) is 5.75 Å². The molecule has 1 unspecified atom stereocenters. The molecule has 162 valence electrons. The zero-order valence-corrected chi connectivity index (χ0v) is 19.1. The van der Waals surface area contributed by atoms with E-state index >= 15 is 0 Å². The van der Waals surface area contributed by atoms with E-state index in [-0.39, 0.29) is 11.4 Å². The van der Waals surface area contributed by atoms with E-state index in [0.29, 0.717) is 18.1 Å². The SMILES string of the molecule is Cc1cc(COc2ccc(S(=O)(=O)N3CCSC(C)(C)C3C(=O)O)cc2)cc(C)n1. The van der Waals surface area contributed by atoms with E-state index in [1.165, 1.54) is 23.9 Å². The number of rotatable bonds is 6. The second-order valence-corrected chi connectivity index (χ2v) is 11.5. The molecule has 1 atom stereocenters. The van der Waals surface area contributed by atoms with Gasteiger partial charge in [-0.05, 0) is 69.7 Å². The fourth-order valence-corrected chi connectivity index (χ4v) is 6.74. The van der Waals surface area contributed by atoms with E-state index < -0.39 is 26.8 Å². The average Bonchev–Trinajstić information content (AvgIpc) is 2.64. The fourth-order valence-electron chi connectivity index (χ4n) is 3.65. The highest BCUT2D eigenvalue weighted by Crippen LogP contribution is 2.38. The highest BCUT2D eigenvalue weighted by molar-refractivity contribution is 8.00. The molecule has 0 amide bonds. The van der Waals surface area contributed by atoms with E-state index in [9.17, 15) is 18.3 Å². The lowest BCUT2D eigenvalue weighted by molar-refractivity contribution is -0.142. The van der Waals surface area contributed by atoms with Crippen LogP contribution in [-0.4, -0.2) is 51.9 Å². The van der Waals surface area contributed by atoms with Gasteiger partial charge in [-0.3, -0.25) is 9.78 Å². The number of thioether (sulfide) groups is 1. The van der Waals surface area contributed by atoms with Gasteiger partial charge in [0, 0.05) is 28.4 Å². The van der Waals surface area contributed by atoms with E-state index in [1.807, 2.05) is 26.0 Å². The monoisotopic (exact) mass is 450 g/mol. The minimum atomic E-state index is -3.95. The summed E-state index contributed by atoms with van der Waals surface area (Å²) in [5, 5.41) is 9.67. The normalized spacial score (nSPS) is 19.4. The maximum atomic E-state index is 13.2. The van der Waals surface area contributed by atoms with Crippen LogP contribution in [0.4, 0.5) is 0 Å². The lowest BCUT2D eigenvalue weighted by Gasteiger charge is -2.42. The molecule has 7 nitrogen and oxygen atoms in total. The Balaban J connectivity index is 1.78. The van der Waals surface area contributed by atoms with Crippen molar-refractivity contribution in [3.05, 3.63) is 53.3 Å². The molecule has 0 bridgehead atoms. The van der Waals surface area contributed by atoms with Crippen molar-refractivity contribution in [1.82, 2.24) is 9.29 Å². The number of carboxylic acids is 1. The van der Waals surface area contributed by atoms with Gasteiger partial charge in [0.05, 0.1) is 4.90 Å². The highest BCUT2D eigenvalue weighted by Gasteiger charge is 2.48. The summed E-state index contributed by atoms with van der Waals surface area (Å²) >= 11 is 1.47. The lowest BCUT2D eigenvalue weighted by atomic mass is 10.0. The first-order valence-corrected chi connectivity index (χ1v) is 12.0. The summed E-state index contributed by atoms with van der Waals surface area (Å²) in [5.74, 6) is -0.0637. The van der Waals surface area contributed by atoms with Crippen LogP contribution in [0.25, 0.3) is 0 Å². The van der Waals surface area contributed by atoms with Crippen molar-refractivity contribution in [1.29, 1.82) is 0 Å². The molecule has 2 aromatic rings. The Morgan fingerprint density at radius 1 is 1.23 bits per heavy atom. The Morgan fingerprint density at radius 2 is 1.83 bits per heavy atom. The predicted molar refractivity (Wildman–Crippen MR) is 116 cm³/mol. The zero-order chi connectivity index (χ0) is 22.1. The number of aliphatic carboxylic acids is 1. The van der Waals surface area contributed by atoms with Gasteiger partial charge in [-0.2, -0.15) is 16.1 Å². The van der Waals surface area contributed by atoms with Crippen molar-refractivity contribution in [3.8, 4) is 5.75 Å². The lowest BCUT2D eigenvalue weighted by Crippen LogP contribution is -2.58.